The van der Waals surface area contributed by atoms with Crippen LogP contribution in [0.3, 0.4) is 0 Å². The van der Waals surface area contributed by atoms with Gasteiger partial charge >= 0.3 is 5.97 Å². The molecule has 2 aromatic heterocycles. The maximum Gasteiger partial charge on any atom is 0.311 e. The zero-order valence-electron chi connectivity index (χ0n) is 8.06. The Morgan fingerprint density at radius 3 is 3.20 bits per heavy atom. The van der Waals surface area contributed by atoms with Crippen LogP contribution in [0.2, 0.25) is 0 Å². The molecular formula is C9H9N3O3. The molecule has 78 valence electrons. The number of fused-ring (bicyclic) bond motifs is 1. The summed E-state index contributed by atoms with van der Waals surface area (Å²) in [4.78, 5) is 29.3. The Morgan fingerprint density at radius 1 is 1.67 bits per heavy atom. The molecule has 2 heterocycles. The fraction of sp³-hybridized carbons (Fsp3) is 0.222. The number of hydrogen-bond donors (Lipinski definition) is 1. The number of rotatable bonds is 2. The monoisotopic (exact) mass is 207 g/mol. The second kappa shape index (κ2) is 3.56. The summed E-state index contributed by atoms with van der Waals surface area (Å²) in [6.07, 6.45) is 3.10. The average molecular weight is 207 g/mol. The maximum atomic E-state index is 11.5. The van der Waals surface area contributed by atoms with Gasteiger partial charge in [-0.3, -0.25) is 14.0 Å². The highest BCUT2D eigenvalue weighted by molar-refractivity contribution is 5.71. The number of hydrogen-bond acceptors (Lipinski definition) is 4. The predicted molar refractivity (Wildman–Crippen MR) is 51.5 cm³/mol. The molecule has 6 heteroatoms. The van der Waals surface area contributed by atoms with Crippen LogP contribution in [-0.2, 0) is 16.0 Å². The summed E-state index contributed by atoms with van der Waals surface area (Å²) < 4.78 is 5.86. The molecule has 0 unspecified atom stereocenters. The molecule has 0 atom stereocenters. The van der Waals surface area contributed by atoms with Gasteiger partial charge in [0.2, 0.25) is 5.78 Å². The minimum absolute atomic E-state index is 0.0368. The van der Waals surface area contributed by atoms with Crippen LogP contribution in [-0.4, -0.2) is 27.4 Å². The Balaban J connectivity index is 2.45. The lowest BCUT2D eigenvalue weighted by atomic mass is 10.3. The molecule has 0 aliphatic heterocycles. The third-order valence-electron chi connectivity index (χ3n) is 2.01. The molecule has 0 bridgehead atoms. The molecule has 0 saturated heterocycles. The van der Waals surface area contributed by atoms with Crippen LogP contribution < -0.4 is 5.56 Å². The Kier molecular flexibility index (Phi) is 2.24. The maximum absolute atomic E-state index is 11.5. The third kappa shape index (κ3) is 1.74. The molecule has 6 nitrogen and oxygen atoms in total. The molecule has 0 fully saturated rings. The second-order valence-electron chi connectivity index (χ2n) is 3.01. The van der Waals surface area contributed by atoms with Crippen molar-refractivity contribution >= 4 is 11.7 Å². The molecule has 15 heavy (non-hydrogen) atoms. The van der Waals surface area contributed by atoms with Gasteiger partial charge in [0.1, 0.15) is 0 Å². The van der Waals surface area contributed by atoms with Crippen molar-refractivity contribution in [1.29, 1.82) is 0 Å². The molecule has 0 radical (unpaired) electrons. The SMILES string of the molecule is COC(=O)Cc1cc(=O)n2ccnc2[nH]1. The summed E-state index contributed by atoms with van der Waals surface area (Å²) in [5.74, 6) is 0.0166. The van der Waals surface area contributed by atoms with Gasteiger partial charge < -0.3 is 9.72 Å². The lowest BCUT2D eigenvalue weighted by Crippen LogP contribution is -2.16. The molecule has 0 aliphatic carbocycles. The zero-order chi connectivity index (χ0) is 10.8. The van der Waals surface area contributed by atoms with Crippen molar-refractivity contribution in [3.8, 4) is 0 Å². The van der Waals surface area contributed by atoms with Crippen molar-refractivity contribution in [3.63, 3.8) is 0 Å². The number of methoxy groups -OCH3 is 1. The number of nitrogens with one attached hydrogen (secondary N) is 1. The first kappa shape index (κ1) is 9.45. The van der Waals surface area contributed by atoms with E-state index in [9.17, 15) is 9.59 Å². The van der Waals surface area contributed by atoms with Crippen molar-refractivity contribution in [1.82, 2.24) is 14.4 Å². The lowest BCUT2D eigenvalue weighted by Gasteiger charge is -2.00. The molecule has 0 aromatic carbocycles. The van der Waals surface area contributed by atoms with E-state index in [4.69, 9.17) is 0 Å². The normalized spacial score (nSPS) is 10.5. The van der Waals surface area contributed by atoms with E-state index in [1.54, 1.807) is 6.20 Å². The van der Waals surface area contributed by atoms with Crippen LogP contribution in [0, 0.1) is 0 Å². The van der Waals surface area contributed by atoms with Crippen molar-refractivity contribution in [2.24, 2.45) is 0 Å². The highest BCUT2D eigenvalue weighted by Crippen LogP contribution is 1.97. The lowest BCUT2D eigenvalue weighted by molar-refractivity contribution is -0.139. The number of esters is 1. The van der Waals surface area contributed by atoms with Gasteiger partial charge in [-0.25, -0.2) is 4.98 Å². The Hall–Kier alpha value is -2.11. The van der Waals surface area contributed by atoms with Gasteiger partial charge in [0.25, 0.3) is 5.56 Å². The van der Waals surface area contributed by atoms with Crippen LogP contribution >= 0.6 is 0 Å². The van der Waals surface area contributed by atoms with Gasteiger partial charge in [0.05, 0.1) is 13.5 Å². The number of carbonyl (C=O) groups is 1. The fourth-order valence-electron chi connectivity index (χ4n) is 1.29. The summed E-state index contributed by atoms with van der Waals surface area (Å²) in [6.45, 7) is 0. The second-order valence-corrected chi connectivity index (χ2v) is 3.01. The Morgan fingerprint density at radius 2 is 2.47 bits per heavy atom. The van der Waals surface area contributed by atoms with Crippen LogP contribution in [0.4, 0.5) is 0 Å². The minimum Gasteiger partial charge on any atom is -0.469 e. The van der Waals surface area contributed by atoms with Crippen molar-refractivity contribution in [2.45, 2.75) is 6.42 Å². The molecule has 2 rings (SSSR count). The quantitative estimate of drug-likeness (QED) is 0.688. The van der Waals surface area contributed by atoms with E-state index in [0.717, 1.165) is 0 Å². The van der Waals surface area contributed by atoms with Gasteiger partial charge in [-0.05, 0) is 0 Å². The van der Waals surface area contributed by atoms with E-state index in [1.165, 1.54) is 23.8 Å². The van der Waals surface area contributed by atoms with Gasteiger partial charge in [0, 0.05) is 24.2 Å². The summed E-state index contributed by atoms with van der Waals surface area (Å²) in [5, 5.41) is 0. The largest absolute Gasteiger partial charge is 0.469 e. The third-order valence-corrected chi connectivity index (χ3v) is 2.01. The average Bonchev–Trinajstić information content (AvgIpc) is 2.66. The first-order chi connectivity index (χ1) is 7.20. The van der Waals surface area contributed by atoms with Gasteiger partial charge in [0.15, 0.2) is 0 Å². The first-order valence-corrected chi connectivity index (χ1v) is 4.33. The number of H-pyrrole nitrogens is 1. The fourth-order valence-corrected chi connectivity index (χ4v) is 1.29. The van der Waals surface area contributed by atoms with Gasteiger partial charge in [-0.2, -0.15) is 0 Å². The summed E-state index contributed by atoms with van der Waals surface area (Å²) in [7, 11) is 1.30. The first-order valence-electron chi connectivity index (χ1n) is 4.33. The number of ether oxygens (including phenoxy) is 1. The van der Waals surface area contributed by atoms with Crippen molar-refractivity contribution < 1.29 is 9.53 Å². The smallest absolute Gasteiger partial charge is 0.311 e. The van der Waals surface area contributed by atoms with Gasteiger partial charge in [-0.1, -0.05) is 0 Å². The molecular weight excluding hydrogens is 198 g/mol. The Labute approximate surface area is 84.5 Å². The van der Waals surface area contributed by atoms with Crippen LogP contribution in [0.25, 0.3) is 5.78 Å². The van der Waals surface area contributed by atoms with Crippen LogP contribution in [0.5, 0.6) is 0 Å². The van der Waals surface area contributed by atoms with E-state index in [1.807, 2.05) is 0 Å². The standard InChI is InChI=1S/C9H9N3O3/c1-15-8(14)5-6-4-7(13)12-3-2-10-9(12)11-6/h2-4H,5H2,1H3,(H,10,11). The summed E-state index contributed by atoms with van der Waals surface area (Å²) in [6, 6.07) is 1.35. The van der Waals surface area contributed by atoms with E-state index in [2.05, 4.69) is 14.7 Å². The van der Waals surface area contributed by atoms with E-state index < -0.39 is 5.97 Å². The molecule has 1 N–H and O–H groups in total. The molecule has 2 aromatic rings. The van der Waals surface area contributed by atoms with Crippen molar-refractivity contribution in [3.05, 3.63) is 34.5 Å². The summed E-state index contributed by atoms with van der Waals surface area (Å²) >= 11 is 0. The minimum atomic E-state index is -0.401. The topological polar surface area (TPSA) is 76.5 Å². The number of carbonyl (C=O) groups excluding carboxylic acids is 1. The zero-order valence-corrected chi connectivity index (χ0v) is 8.06. The molecule has 0 spiro atoms. The molecule has 0 amide bonds. The molecule has 0 aliphatic rings. The highest BCUT2D eigenvalue weighted by atomic mass is 16.5. The molecule has 0 saturated carbocycles. The van der Waals surface area contributed by atoms with Gasteiger partial charge in [-0.15, -0.1) is 0 Å². The van der Waals surface area contributed by atoms with Crippen molar-refractivity contribution in [2.75, 3.05) is 7.11 Å². The van der Waals surface area contributed by atoms with Crippen LogP contribution in [0.1, 0.15) is 5.69 Å². The number of imidazole rings is 1. The summed E-state index contributed by atoms with van der Waals surface area (Å²) in [5.41, 5.74) is 0.269. The Bertz CT molecular complexity index is 555. The number of nitrogens with zero attached hydrogens (tertiary/aromatic N) is 2. The number of aromatic nitrogens is 3. The number of aromatic amines is 1. The van der Waals surface area contributed by atoms with E-state index in [-0.39, 0.29) is 12.0 Å². The van der Waals surface area contributed by atoms with Crippen LogP contribution in [0.15, 0.2) is 23.3 Å². The van der Waals surface area contributed by atoms with E-state index >= 15 is 0 Å². The predicted octanol–water partition coefficient (Wildman–Crippen LogP) is -0.262. The highest BCUT2D eigenvalue weighted by Gasteiger charge is 2.06. The van der Waals surface area contributed by atoms with E-state index in [0.29, 0.717) is 11.5 Å².